The van der Waals surface area contributed by atoms with Gasteiger partial charge in [-0.3, -0.25) is 24.6 Å². The van der Waals surface area contributed by atoms with Crippen molar-refractivity contribution in [1.82, 2.24) is 30.1 Å². The van der Waals surface area contributed by atoms with Crippen molar-refractivity contribution in [2.24, 2.45) is 5.92 Å². The van der Waals surface area contributed by atoms with E-state index in [4.69, 9.17) is 20.4 Å². The number of aromatic nitrogens is 3. The molecule has 0 radical (unpaired) electrons. The van der Waals surface area contributed by atoms with Crippen LogP contribution in [0.3, 0.4) is 0 Å². The standard InChI is InChI=1S/C49H53FN10O4/c1-4-39(33-7-5-31(6-8-33)23-34-24-36(50)9-14-42(34)64-3)45-46(51)53-30-54-47(45)56(2)38-11-15-43(52-26-38)59-18-17-32(28-59)27-57-19-21-58(22-20-57)37-10-12-40-35(25-37)29-60(49(40)63)41-13-16-44(61)55-48(41)62/h4-12,14-15,24-26,30,32,41H,13,16-23,27-29H2,1-3H3,(H2,51,53,54)(H,55,61,62). The van der Waals surface area contributed by atoms with Crippen molar-refractivity contribution in [3.05, 3.63) is 131 Å². The smallest absolute Gasteiger partial charge is 0.255 e. The number of fused-ring (bicyclic) bond motifs is 1. The molecule has 3 amide bonds. The molecule has 3 N–H and O–H groups in total. The van der Waals surface area contributed by atoms with Crippen molar-refractivity contribution in [2.45, 2.75) is 45.2 Å². The van der Waals surface area contributed by atoms with Gasteiger partial charge < -0.3 is 30.1 Å². The third kappa shape index (κ3) is 8.59. The van der Waals surface area contributed by atoms with Gasteiger partial charge in [0.15, 0.2) is 0 Å². The molecular formula is C49H53FN10O4. The van der Waals surface area contributed by atoms with Crippen LogP contribution >= 0.6 is 0 Å². The van der Waals surface area contributed by atoms with E-state index in [1.54, 1.807) is 18.1 Å². The van der Waals surface area contributed by atoms with Crippen molar-refractivity contribution >= 4 is 52.1 Å². The molecule has 5 aromatic rings. The van der Waals surface area contributed by atoms with Gasteiger partial charge in [-0.05, 0) is 96.5 Å². The van der Waals surface area contributed by atoms with Crippen molar-refractivity contribution in [1.29, 1.82) is 0 Å². The summed E-state index contributed by atoms with van der Waals surface area (Å²) in [5.74, 6) is 2.04. The fraction of sp³-hybridized carbons (Fsp3) is 0.347. The maximum absolute atomic E-state index is 14.0. The number of nitrogen functional groups attached to an aromatic ring is 1. The number of benzene rings is 3. The summed E-state index contributed by atoms with van der Waals surface area (Å²) in [6.45, 7) is 8.97. The molecule has 3 fully saturated rings. The summed E-state index contributed by atoms with van der Waals surface area (Å²) < 4.78 is 19.5. The molecule has 6 heterocycles. The van der Waals surface area contributed by atoms with E-state index in [9.17, 15) is 18.8 Å². The second-order valence-corrected chi connectivity index (χ2v) is 17.1. The van der Waals surface area contributed by atoms with Crippen molar-refractivity contribution < 1.29 is 23.5 Å². The molecule has 0 aliphatic carbocycles. The highest BCUT2D eigenvalue weighted by Crippen LogP contribution is 2.37. The largest absolute Gasteiger partial charge is 0.496 e. The minimum Gasteiger partial charge on any atom is -0.496 e. The maximum atomic E-state index is 14.0. The predicted octanol–water partition coefficient (Wildman–Crippen LogP) is 5.82. The number of allylic oxidation sites excluding steroid dienone is 1. The molecule has 0 bridgehead atoms. The van der Waals surface area contributed by atoms with Crippen molar-refractivity contribution in [3.63, 3.8) is 0 Å². The summed E-state index contributed by atoms with van der Waals surface area (Å²) >= 11 is 0. The number of carbonyl (C=O) groups is 3. The number of amides is 3. The molecule has 4 aliphatic rings. The lowest BCUT2D eigenvalue weighted by Gasteiger charge is -2.37. The first-order chi connectivity index (χ1) is 31.1. The molecule has 14 nitrogen and oxygen atoms in total. The monoisotopic (exact) mass is 864 g/mol. The van der Waals surface area contributed by atoms with Gasteiger partial charge in [0.05, 0.1) is 24.6 Å². The zero-order chi connectivity index (χ0) is 44.5. The third-order valence-electron chi connectivity index (χ3n) is 13.1. The first kappa shape index (κ1) is 42.4. The summed E-state index contributed by atoms with van der Waals surface area (Å²) in [7, 11) is 3.55. The number of hydrogen-bond acceptors (Lipinski definition) is 12. The quantitative estimate of drug-likeness (QED) is 0.145. The Hall–Kier alpha value is -6.87. The summed E-state index contributed by atoms with van der Waals surface area (Å²) in [4.78, 5) is 62.2. The molecule has 2 aromatic heterocycles. The Morgan fingerprint density at radius 3 is 2.48 bits per heavy atom. The second-order valence-electron chi connectivity index (χ2n) is 17.1. The number of carbonyl (C=O) groups excluding carboxylic acids is 3. The van der Waals surface area contributed by atoms with E-state index in [0.29, 0.717) is 48.3 Å². The molecule has 3 saturated heterocycles. The van der Waals surface area contributed by atoms with Gasteiger partial charge in [0.1, 0.15) is 41.4 Å². The number of anilines is 5. The molecule has 3 aromatic carbocycles. The molecule has 0 spiro atoms. The van der Waals surface area contributed by atoms with Gasteiger partial charge in [-0.15, -0.1) is 0 Å². The molecule has 330 valence electrons. The number of pyridine rings is 1. The summed E-state index contributed by atoms with van der Waals surface area (Å²) in [6, 6.07) is 22.2. The average Bonchev–Trinajstić information content (AvgIpc) is 3.91. The number of methoxy groups -OCH3 is 1. The van der Waals surface area contributed by atoms with Crippen LogP contribution in [0.2, 0.25) is 0 Å². The van der Waals surface area contributed by atoms with Crippen LogP contribution in [-0.2, 0) is 22.6 Å². The normalized spacial score (nSPS) is 19.3. The number of piperazine rings is 1. The van der Waals surface area contributed by atoms with Crippen LogP contribution in [0, 0.1) is 11.7 Å². The van der Waals surface area contributed by atoms with Crippen LogP contribution in [0.1, 0.15) is 64.4 Å². The first-order valence-electron chi connectivity index (χ1n) is 21.9. The number of nitrogens with one attached hydrogen (secondary N) is 1. The van der Waals surface area contributed by atoms with Gasteiger partial charge in [-0.1, -0.05) is 30.3 Å². The molecule has 9 rings (SSSR count). The fourth-order valence-corrected chi connectivity index (χ4v) is 9.65. The number of rotatable bonds is 12. The summed E-state index contributed by atoms with van der Waals surface area (Å²) in [6.07, 6.45) is 7.61. The Morgan fingerprint density at radius 2 is 1.75 bits per heavy atom. The van der Waals surface area contributed by atoms with E-state index in [-0.39, 0.29) is 30.0 Å². The van der Waals surface area contributed by atoms with Gasteiger partial charge in [0, 0.05) is 89.1 Å². The van der Waals surface area contributed by atoms with E-state index in [1.807, 2.05) is 67.5 Å². The van der Waals surface area contributed by atoms with Gasteiger partial charge in [0.2, 0.25) is 11.8 Å². The van der Waals surface area contributed by atoms with Crippen LogP contribution in [0.4, 0.5) is 33.2 Å². The Kier molecular flexibility index (Phi) is 12.0. The van der Waals surface area contributed by atoms with Crippen LogP contribution < -0.4 is 30.5 Å². The SMILES string of the molecule is CC=C(c1ccc(Cc2cc(F)ccc2OC)cc1)c1c(N)ncnc1N(C)c1ccc(N2CCC(CN3CCN(c4ccc5c(c4)CN(C4CCC(=O)NC4=O)C5=O)CC3)C2)nc1. The molecule has 4 aliphatic heterocycles. The highest BCUT2D eigenvalue weighted by atomic mass is 19.1. The fourth-order valence-electron chi connectivity index (χ4n) is 9.65. The lowest BCUT2D eigenvalue weighted by atomic mass is 9.95. The Balaban J connectivity index is 0.791. The summed E-state index contributed by atoms with van der Waals surface area (Å²) in [5.41, 5.74) is 14.5. The number of piperidine rings is 1. The van der Waals surface area contributed by atoms with E-state index in [0.717, 1.165) is 103 Å². The minimum absolute atomic E-state index is 0.145. The molecule has 2 unspecified atom stereocenters. The lowest BCUT2D eigenvalue weighted by molar-refractivity contribution is -0.136. The topological polar surface area (TPSA) is 153 Å². The number of nitrogens with zero attached hydrogens (tertiary/aromatic N) is 8. The number of ether oxygens (including phenoxy) is 1. The summed E-state index contributed by atoms with van der Waals surface area (Å²) in [5, 5.41) is 2.38. The van der Waals surface area contributed by atoms with E-state index < -0.39 is 6.04 Å². The Labute approximate surface area is 372 Å². The zero-order valence-electron chi connectivity index (χ0n) is 36.5. The predicted molar refractivity (Wildman–Crippen MR) is 245 cm³/mol. The highest BCUT2D eigenvalue weighted by molar-refractivity contribution is 6.05. The first-order valence-corrected chi connectivity index (χ1v) is 21.9. The second kappa shape index (κ2) is 18.1. The number of halogens is 1. The third-order valence-corrected chi connectivity index (χ3v) is 13.1. The van der Waals surface area contributed by atoms with E-state index in [2.05, 4.69) is 43.2 Å². The van der Waals surface area contributed by atoms with Crippen LogP contribution in [0.5, 0.6) is 5.75 Å². The molecule has 2 atom stereocenters. The number of imide groups is 1. The van der Waals surface area contributed by atoms with Gasteiger partial charge in [0.25, 0.3) is 5.91 Å². The van der Waals surface area contributed by atoms with Crippen LogP contribution in [0.15, 0.2) is 91.4 Å². The molecule has 15 heteroatoms. The van der Waals surface area contributed by atoms with E-state index in [1.165, 1.54) is 18.5 Å². The van der Waals surface area contributed by atoms with Gasteiger partial charge in [-0.2, -0.15) is 0 Å². The number of nitrogens with two attached hydrogens (primary N) is 1. The maximum Gasteiger partial charge on any atom is 0.255 e. The average molecular weight is 865 g/mol. The van der Waals surface area contributed by atoms with Gasteiger partial charge in [-0.25, -0.2) is 19.3 Å². The van der Waals surface area contributed by atoms with Gasteiger partial charge >= 0.3 is 0 Å². The molecule has 64 heavy (non-hydrogen) atoms. The molecule has 0 saturated carbocycles. The lowest BCUT2D eigenvalue weighted by Crippen LogP contribution is -2.52. The zero-order valence-corrected chi connectivity index (χ0v) is 36.5. The molecular weight excluding hydrogens is 812 g/mol. The van der Waals surface area contributed by atoms with Crippen LogP contribution in [-0.4, -0.2) is 108 Å². The van der Waals surface area contributed by atoms with Crippen LogP contribution in [0.25, 0.3) is 5.57 Å². The Bertz CT molecular complexity index is 2600. The minimum atomic E-state index is -0.611. The van der Waals surface area contributed by atoms with E-state index >= 15 is 0 Å². The van der Waals surface area contributed by atoms with Crippen molar-refractivity contribution in [3.8, 4) is 5.75 Å². The number of hydrogen-bond donors (Lipinski definition) is 2. The Morgan fingerprint density at radius 1 is 0.938 bits per heavy atom. The highest BCUT2D eigenvalue weighted by Gasteiger charge is 2.39. The van der Waals surface area contributed by atoms with Crippen molar-refractivity contribution in [2.75, 3.05) is 80.4 Å².